The van der Waals surface area contributed by atoms with Gasteiger partial charge in [0, 0.05) is 11.6 Å². The second-order valence-electron chi connectivity index (χ2n) is 5.58. The molecule has 2 unspecified atom stereocenters. The van der Waals surface area contributed by atoms with Gasteiger partial charge in [-0.15, -0.1) is 0 Å². The molecule has 0 fully saturated rings. The molecule has 2 heteroatoms. The summed E-state index contributed by atoms with van der Waals surface area (Å²) >= 11 is 0. The number of nitrogens with one attached hydrogen (secondary N) is 1. The highest BCUT2D eigenvalue weighted by Crippen LogP contribution is 2.32. The zero-order valence-corrected chi connectivity index (χ0v) is 13.6. The normalized spacial score (nSPS) is 14.0. The standard InChI is InChI=1S/C18H31NO/c1-5-10-15(4)18(19-13-6-2)16-11-8-9-12-17(16)20-14-7-3/h8-9,11-12,15,18-19H,5-7,10,13-14H2,1-4H3. The number of benzene rings is 1. The van der Waals surface area contributed by atoms with Crippen LogP contribution in [-0.2, 0) is 0 Å². The SMILES string of the molecule is CCCNC(c1ccccc1OCCC)C(C)CCC. The van der Waals surface area contributed by atoms with Crippen LogP contribution in [0, 0.1) is 5.92 Å². The van der Waals surface area contributed by atoms with Crippen molar-refractivity contribution in [3.63, 3.8) is 0 Å². The molecule has 114 valence electrons. The van der Waals surface area contributed by atoms with Crippen LogP contribution >= 0.6 is 0 Å². The van der Waals surface area contributed by atoms with Crippen LogP contribution < -0.4 is 10.1 Å². The second-order valence-corrected chi connectivity index (χ2v) is 5.58. The molecule has 0 aliphatic rings. The van der Waals surface area contributed by atoms with Crippen molar-refractivity contribution in [1.82, 2.24) is 5.32 Å². The predicted octanol–water partition coefficient (Wildman–Crippen LogP) is 4.95. The zero-order chi connectivity index (χ0) is 14.8. The molecule has 0 aromatic heterocycles. The van der Waals surface area contributed by atoms with Gasteiger partial charge in [0.2, 0.25) is 0 Å². The number of hydrogen-bond donors (Lipinski definition) is 1. The van der Waals surface area contributed by atoms with Crippen molar-refractivity contribution < 1.29 is 4.74 Å². The summed E-state index contributed by atoms with van der Waals surface area (Å²) in [7, 11) is 0. The Labute approximate surface area is 124 Å². The molecule has 0 aliphatic heterocycles. The lowest BCUT2D eigenvalue weighted by molar-refractivity contribution is 0.297. The largest absolute Gasteiger partial charge is 0.493 e. The van der Waals surface area contributed by atoms with Gasteiger partial charge >= 0.3 is 0 Å². The number of ether oxygens (including phenoxy) is 1. The molecule has 0 radical (unpaired) electrons. The van der Waals surface area contributed by atoms with Gasteiger partial charge in [-0.2, -0.15) is 0 Å². The van der Waals surface area contributed by atoms with Crippen molar-refractivity contribution in [2.45, 2.75) is 59.4 Å². The van der Waals surface area contributed by atoms with Crippen molar-refractivity contribution in [2.75, 3.05) is 13.2 Å². The predicted molar refractivity (Wildman–Crippen MR) is 87.3 cm³/mol. The van der Waals surface area contributed by atoms with Crippen molar-refractivity contribution in [3.05, 3.63) is 29.8 Å². The van der Waals surface area contributed by atoms with E-state index in [-0.39, 0.29) is 0 Å². The third kappa shape index (κ3) is 5.16. The fourth-order valence-electron chi connectivity index (χ4n) is 2.62. The van der Waals surface area contributed by atoms with Gasteiger partial charge in [0.15, 0.2) is 0 Å². The van der Waals surface area contributed by atoms with E-state index in [0.717, 1.165) is 31.7 Å². The lowest BCUT2D eigenvalue weighted by Crippen LogP contribution is -2.28. The van der Waals surface area contributed by atoms with E-state index < -0.39 is 0 Å². The molecule has 0 spiro atoms. The summed E-state index contributed by atoms with van der Waals surface area (Å²) in [5.74, 6) is 1.67. The van der Waals surface area contributed by atoms with Crippen LogP contribution in [0.2, 0.25) is 0 Å². The average molecular weight is 277 g/mol. The monoisotopic (exact) mass is 277 g/mol. The van der Waals surface area contributed by atoms with Crippen LogP contribution in [-0.4, -0.2) is 13.2 Å². The summed E-state index contributed by atoms with van der Waals surface area (Å²) in [4.78, 5) is 0. The molecule has 1 aromatic rings. The molecule has 2 nitrogen and oxygen atoms in total. The first-order valence-electron chi connectivity index (χ1n) is 8.19. The first-order chi connectivity index (χ1) is 9.74. The van der Waals surface area contributed by atoms with E-state index in [0.29, 0.717) is 12.0 Å². The Morgan fingerprint density at radius 3 is 2.45 bits per heavy atom. The average Bonchev–Trinajstić information content (AvgIpc) is 2.47. The maximum Gasteiger partial charge on any atom is 0.124 e. The van der Waals surface area contributed by atoms with Crippen molar-refractivity contribution >= 4 is 0 Å². The maximum absolute atomic E-state index is 5.94. The Kier molecular flexibility index (Phi) is 8.36. The minimum absolute atomic E-state index is 0.392. The van der Waals surface area contributed by atoms with Gasteiger partial charge in [0.25, 0.3) is 0 Å². The highest BCUT2D eigenvalue weighted by Gasteiger charge is 2.21. The van der Waals surface area contributed by atoms with Gasteiger partial charge in [0.05, 0.1) is 6.61 Å². The van der Waals surface area contributed by atoms with Crippen molar-refractivity contribution in [2.24, 2.45) is 5.92 Å². The van der Waals surface area contributed by atoms with Crippen molar-refractivity contribution in [3.8, 4) is 5.75 Å². The van der Waals surface area contributed by atoms with E-state index in [1.165, 1.54) is 18.4 Å². The maximum atomic E-state index is 5.94. The molecular formula is C18H31NO. The highest BCUT2D eigenvalue weighted by molar-refractivity contribution is 5.36. The summed E-state index contributed by atoms with van der Waals surface area (Å²) in [5, 5.41) is 3.71. The van der Waals surface area contributed by atoms with Crippen LogP contribution in [0.15, 0.2) is 24.3 Å². The van der Waals surface area contributed by atoms with Gasteiger partial charge in [-0.1, -0.05) is 52.3 Å². The van der Waals surface area contributed by atoms with E-state index in [1.807, 2.05) is 0 Å². The fourth-order valence-corrected chi connectivity index (χ4v) is 2.62. The summed E-state index contributed by atoms with van der Waals surface area (Å²) < 4.78 is 5.94. The molecule has 0 saturated carbocycles. The first-order valence-corrected chi connectivity index (χ1v) is 8.19. The van der Waals surface area contributed by atoms with Gasteiger partial charge in [-0.3, -0.25) is 0 Å². The summed E-state index contributed by atoms with van der Waals surface area (Å²) in [6, 6.07) is 8.89. The minimum atomic E-state index is 0.392. The Morgan fingerprint density at radius 2 is 1.80 bits per heavy atom. The molecule has 20 heavy (non-hydrogen) atoms. The molecule has 1 rings (SSSR count). The van der Waals surface area contributed by atoms with Crippen LogP contribution in [0.1, 0.15) is 65.0 Å². The minimum Gasteiger partial charge on any atom is -0.493 e. The number of rotatable bonds is 10. The fraction of sp³-hybridized carbons (Fsp3) is 0.667. The Balaban J connectivity index is 2.92. The third-order valence-corrected chi connectivity index (χ3v) is 3.64. The highest BCUT2D eigenvalue weighted by atomic mass is 16.5. The van der Waals surface area contributed by atoms with Crippen molar-refractivity contribution in [1.29, 1.82) is 0 Å². The molecule has 0 amide bonds. The van der Waals surface area contributed by atoms with Crippen LogP contribution in [0.25, 0.3) is 0 Å². The van der Waals surface area contributed by atoms with Crippen LogP contribution in [0.4, 0.5) is 0 Å². The Bertz CT molecular complexity index is 364. The van der Waals surface area contributed by atoms with E-state index in [2.05, 4.69) is 57.3 Å². The lowest BCUT2D eigenvalue weighted by Gasteiger charge is -2.27. The van der Waals surface area contributed by atoms with E-state index >= 15 is 0 Å². The van der Waals surface area contributed by atoms with Gasteiger partial charge in [-0.05, 0) is 37.8 Å². The van der Waals surface area contributed by atoms with Crippen LogP contribution in [0.3, 0.4) is 0 Å². The summed E-state index contributed by atoms with van der Waals surface area (Å²) in [6.45, 7) is 10.8. The van der Waals surface area contributed by atoms with Gasteiger partial charge in [-0.25, -0.2) is 0 Å². The summed E-state index contributed by atoms with van der Waals surface area (Å²) in [6.07, 6.45) is 4.67. The quantitative estimate of drug-likeness (QED) is 0.653. The second kappa shape index (κ2) is 9.82. The zero-order valence-electron chi connectivity index (χ0n) is 13.6. The lowest BCUT2D eigenvalue weighted by atomic mass is 9.90. The molecule has 0 heterocycles. The Morgan fingerprint density at radius 1 is 1.05 bits per heavy atom. The van der Waals surface area contributed by atoms with E-state index in [9.17, 15) is 0 Å². The molecule has 0 saturated heterocycles. The van der Waals surface area contributed by atoms with E-state index in [4.69, 9.17) is 4.74 Å². The topological polar surface area (TPSA) is 21.3 Å². The third-order valence-electron chi connectivity index (χ3n) is 3.64. The molecule has 1 N–H and O–H groups in total. The molecular weight excluding hydrogens is 246 g/mol. The van der Waals surface area contributed by atoms with Gasteiger partial charge < -0.3 is 10.1 Å². The molecule has 0 aliphatic carbocycles. The molecule has 0 bridgehead atoms. The molecule has 1 aromatic carbocycles. The van der Waals surface area contributed by atoms with Crippen LogP contribution in [0.5, 0.6) is 5.75 Å². The number of para-hydroxylation sites is 1. The summed E-state index contributed by atoms with van der Waals surface area (Å²) in [5.41, 5.74) is 1.32. The smallest absolute Gasteiger partial charge is 0.124 e. The first kappa shape index (κ1) is 17.0. The number of hydrogen-bond acceptors (Lipinski definition) is 2. The Hall–Kier alpha value is -1.02. The molecule has 2 atom stereocenters. The van der Waals surface area contributed by atoms with E-state index in [1.54, 1.807) is 0 Å². The van der Waals surface area contributed by atoms with Gasteiger partial charge in [0.1, 0.15) is 5.75 Å².